The Morgan fingerprint density at radius 3 is 2.40 bits per heavy atom. The second-order valence-corrected chi connectivity index (χ2v) is 11.1. The molecule has 2 aliphatic rings. The molecule has 0 saturated carbocycles. The first kappa shape index (κ1) is 27.2. The van der Waals surface area contributed by atoms with Crippen LogP contribution in [-0.2, 0) is 31.8 Å². The number of fused-ring (bicyclic) bond motifs is 1. The van der Waals surface area contributed by atoms with E-state index >= 15 is 0 Å². The molecule has 1 saturated heterocycles. The summed E-state index contributed by atoms with van der Waals surface area (Å²) in [6.45, 7) is 14.4. The highest BCUT2D eigenvalue weighted by Crippen LogP contribution is 2.27. The molecule has 0 spiro atoms. The van der Waals surface area contributed by atoms with Crippen molar-refractivity contribution in [3.63, 3.8) is 0 Å². The van der Waals surface area contributed by atoms with Gasteiger partial charge in [-0.3, -0.25) is 4.90 Å². The molecule has 0 unspecified atom stereocenters. The number of aryl methyl sites for hydroxylation is 1. The number of anilines is 1. The maximum Gasteiger partial charge on any atom is 0.416 e. The second-order valence-electron chi connectivity index (χ2n) is 11.1. The fourth-order valence-corrected chi connectivity index (χ4v) is 4.02. The van der Waals surface area contributed by atoms with E-state index in [4.69, 9.17) is 23.9 Å². The van der Waals surface area contributed by atoms with E-state index in [0.29, 0.717) is 51.7 Å². The van der Waals surface area contributed by atoms with E-state index < -0.39 is 11.2 Å². The van der Waals surface area contributed by atoms with Gasteiger partial charge in [0.2, 0.25) is 0 Å². The summed E-state index contributed by atoms with van der Waals surface area (Å²) in [5, 5.41) is 0. The standard InChI is InChI=1S/C26H41N3O6/c1-25(2,3)34-23(30)28-14-11-21(18-28)33-17-16-32-15-12-20-10-9-19-8-7-13-29(22(19)27-20)24(31)35-26(4,5)6/h9-10,21H,7-8,11-18H2,1-6H3/t21-/m1/s1. The highest BCUT2D eigenvalue weighted by molar-refractivity contribution is 5.88. The predicted molar refractivity (Wildman–Crippen MR) is 133 cm³/mol. The Kier molecular flexibility index (Phi) is 8.99. The summed E-state index contributed by atoms with van der Waals surface area (Å²) in [4.78, 5) is 32.9. The number of hydrogen-bond acceptors (Lipinski definition) is 7. The van der Waals surface area contributed by atoms with Crippen LogP contribution < -0.4 is 4.90 Å². The van der Waals surface area contributed by atoms with Gasteiger partial charge in [-0.15, -0.1) is 0 Å². The molecule has 3 heterocycles. The zero-order valence-corrected chi connectivity index (χ0v) is 22.1. The second kappa shape index (κ2) is 11.6. The average molecular weight is 492 g/mol. The van der Waals surface area contributed by atoms with Crippen LogP contribution in [0.2, 0.25) is 0 Å². The molecular weight excluding hydrogens is 450 g/mol. The lowest BCUT2D eigenvalue weighted by Gasteiger charge is -2.31. The van der Waals surface area contributed by atoms with Gasteiger partial charge in [0.1, 0.15) is 17.0 Å². The summed E-state index contributed by atoms with van der Waals surface area (Å²) in [5.74, 6) is 0.696. The van der Waals surface area contributed by atoms with Crippen molar-refractivity contribution in [2.75, 3.05) is 44.4 Å². The van der Waals surface area contributed by atoms with Crippen molar-refractivity contribution in [1.29, 1.82) is 0 Å². The largest absolute Gasteiger partial charge is 0.444 e. The number of carbonyl (C=O) groups is 2. The zero-order valence-electron chi connectivity index (χ0n) is 22.1. The normalized spacial score (nSPS) is 18.4. The predicted octanol–water partition coefficient (Wildman–Crippen LogP) is 4.35. The Morgan fingerprint density at radius 1 is 0.971 bits per heavy atom. The van der Waals surface area contributed by atoms with E-state index in [-0.39, 0.29) is 18.3 Å². The van der Waals surface area contributed by atoms with Gasteiger partial charge in [0.15, 0.2) is 0 Å². The topological polar surface area (TPSA) is 90.4 Å². The summed E-state index contributed by atoms with van der Waals surface area (Å²) in [6, 6.07) is 4.05. The van der Waals surface area contributed by atoms with Gasteiger partial charge in [0, 0.05) is 25.2 Å². The lowest BCUT2D eigenvalue weighted by molar-refractivity contribution is 0.00317. The van der Waals surface area contributed by atoms with E-state index in [1.165, 1.54) is 0 Å². The van der Waals surface area contributed by atoms with Crippen molar-refractivity contribution in [3.8, 4) is 0 Å². The van der Waals surface area contributed by atoms with Crippen LogP contribution in [0.4, 0.5) is 15.4 Å². The van der Waals surface area contributed by atoms with Crippen LogP contribution in [0.15, 0.2) is 12.1 Å². The Balaban J connectivity index is 1.38. The van der Waals surface area contributed by atoms with E-state index in [1.807, 2.05) is 53.7 Å². The summed E-state index contributed by atoms with van der Waals surface area (Å²) in [6.07, 6.45) is 2.61. The third-order valence-electron chi connectivity index (χ3n) is 5.59. The molecule has 0 radical (unpaired) electrons. The first-order valence-corrected chi connectivity index (χ1v) is 12.6. The van der Waals surface area contributed by atoms with Crippen molar-refractivity contribution < 1.29 is 28.5 Å². The maximum absolute atomic E-state index is 12.6. The lowest BCUT2D eigenvalue weighted by atomic mass is 10.1. The Labute approximate surface area is 209 Å². The number of carbonyl (C=O) groups excluding carboxylic acids is 2. The zero-order chi connectivity index (χ0) is 25.6. The van der Waals surface area contributed by atoms with Crippen LogP contribution in [0.5, 0.6) is 0 Å². The summed E-state index contributed by atoms with van der Waals surface area (Å²) in [7, 11) is 0. The van der Waals surface area contributed by atoms with E-state index in [9.17, 15) is 9.59 Å². The molecule has 1 atom stereocenters. The van der Waals surface area contributed by atoms with Crippen LogP contribution in [0.1, 0.15) is 65.6 Å². The fraction of sp³-hybridized carbons (Fsp3) is 0.731. The minimum atomic E-state index is -0.547. The van der Waals surface area contributed by atoms with Crippen LogP contribution in [-0.4, -0.2) is 78.8 Å². The van der Waals surface area contributed by atoms with Crippen LogP contribution in [0.25, 0.3) is 0 Å². The maximum atomic E-state index is 12.6. The van der Waals surface area contributed by atoms with Crippen molar-refractivity contribution in [3.05, 3.63) is 23.4 Å². The quantitative estimate of drug-likeness (QED) is 0.524. The van der Waals surface area contributed by atoms with Gasteiger partial charge in [-0.2, -0.15) is 0 Å². The van der Waals surface area contributed by atoms with Crippen molar-refractivity contribution in [2.24, 2.45) is 0 Å². The van der Waals surface area contributed by atoms with Crippen LogP contribution >= 0.6 is 0 Å². The first-order chi connectivity index (χ1) is 16.4. The molecule has 1 fully saturated rings. The molecule has 196 valence electrons. The Bertz CT molecular complexity index is 877. The molecule has 2 amide bonds. The SMILES string of the molecule is CC(C)(C)OC(=O)N1CC[C@@H](OCCOCCc2ccc3c(n2)N(C(=O)OC(C)(C)C)CCC3)C1. The van der Waals surface area contributed by atoms with Crippen molar-refractivity contribution in [1.82, 2.24) is 9.88 Å². The van der Waals surface area contributed by atoms with Gasteiger partial charge in [0.25, 0.3) is 0 Å². The van der Waals surface area contributed by atoms with E-state index in [2.05, 4.69) is 0 Å². The number of nitrogens with zero attached hydrogens (tertiary/aromatic N) is 3. The molecule has 0 bridgehead atoms. The molecular formula is C26H41N3O6. The third kappa shape index (κ3) is 8.65. The lowest BCUT2D eigenvalue weighted by Crippen LogP contribution is -2.40. The Hall–Kier alpha value is -2.39. The average Bonchev–Trinajstić information content (AvgIpc) is 3.22. The van der Waals surface area contributed by atoms with E-state index in [1.54, 1.807) is 9.80 Å². The van der Waals surface area contributed by atoms with Gasteiger partial charge in [-0.25, -0.2) is 14.6 Å². The van der Waals surface area contributed by atoms with Crippen LogP contribution in [0.3, 0.4) is 0 Å². The van der Waals surface area contributed by atoms with Crippen LogP contribution in [0, 0.1) is 0 Å². The van der Waals surface area contributed by atoms with Gasteiger partial charge in [-0.05, 0) is 72.4 Å². The number of aromatic nitrogens is 1. The molecule has 0 aliphatic carbocycles. The fourth-order valence-electron chi connectivity index (χ4n) is 4.02. The molecule has 9 heteroatoms. The van der Waals surface area contributed by atoms with E-state index in [0.717, 1.165) is 30.5 Å². The molecule has 2 aliphatic heterocycles. The van der Waals surface area contributed by atoms with Gasteiger partial charge >= 0.3 is 12.2 Å². The summed E-state index contributed by atoms with van der Waals surface area (Å²) >= 11 is 0. The van der Waals surface area contributed by atoms with Gasteiger partial charge in [0.05, 0.1) is 32.5 Å². The number of likely N-dealkylation sites (tertiary alicyclic amines) is 1. The monoisotopic (exact) mass is 491 g/mol. The van der Waals surface area contributed by atoms with Gasteiger partial charge < -0.3 is 23.8 Å². The smallest absolute Gasteiger partial charge is 0.416 e. The Morgan fingerprint density at radius 2 is 1.69 bits per heavy atom. The highest BCUT2D eigenvalue weighted by atomic mass is 16.6. The first-order valence-electron chi connectivity index (χ1n) is 12.6. The molecule has 35 heavy (non-hydrogen) atoms. The van der Waals surface area contributed by atoms with Gasteiger partial charge in [-0.1, -0.05) is 6.07 Å². The number of amides is 2. The molecule has 1 aromatic heterocycles. The molecule has 9 nitrogen and oxygen atoms in total. The number of ether oxygens (including phenoxy) is 4. The third-order valence-corrected chi connectivity index (χ3v) is 5.59. The molecule has 3 rings (SSSR count). The number of pyridine rings is 1. The number of rotatable bonds is 7. The minimum absolute atomic E-state index is 0.00673. The summed E-state index contributed by atoms with van der Waals surface area (Å²) in [5.41, 5.74) is 0.903. The number of hydrogen-bond donors (Lipinski definition) is 0. The molecule has 0 aromatic carbocycles. The molecule has 1 aromatic rings. The highest BCUT2D eigenvalue weighted by Gasteiger charge is 2.30. The van der Waals surface area contributed by atoms with Crippen molar-refractivity contribution >= 4 is 18.0 Å². The minimum Gasteiger partial charge on any atom is -0.444 e. The summed E-state index contributed by atoms with van der Waals surface area (Å²) < 4.78 is 22.6. The van der Waals surface area contributed by atoms with Crippen molar-refractivity contribution in [2.45, 2.75) is 84.5 Å². The molecule has 0 N–H and O–H groups in total.